The highest BCUT2D eigenvalue weighted by molar-refractivity contribution is 6.07. The van der Waals surface area contributed by atoms with E-state index in [1.807, 2.05) is 6.07 Å². The van der Waals surface area contributed by atoms with E-state index in [-0.39, 0.29) is 11.3 Å². The predicted molar refractivity (Wildman–Crippen MR) is 89.8 cm³/mol. The molecule has 1 heterocycles. The van der Waals surface area contributed by atoms with E-state index in [0.29, 0.717) is 16.5 Å². The molecule has 3 aromatic rings. The largest absolute Gasteiger partial charge is 0.270 e. The van der Waals surface area contributed by atoms with E-state index in [4.69, 9.17) is 0 Å². The second-order valence-electron chi connectivity index (χ2n) is 5.09. The Labute approximate surface area is 141 Å². The number of nitro benzene ring substituents is 1. The fourth-order valence-electron chi connectivity index (χ4n) is 2.28. The average molecular weight is 336 g/mol. The highest BCUT2D eigenvalue weighted by Gasteiger charge is 2.13. The van der Waals surface area contributed by atoms with E-state index in [9.17, 15) is 19.7 Å². The van der Waals surface area contributed by atoms with Crippen LogP contribution in [0.4, 0.5) is 5.69 Å². The number of aromatic nitrogens is 1. The van der Waals surface area contributed by atoms with Gasteiger partial charge in [-0.3, -0.25) is 35.5 Å². The van der Waals surface area contributed by atoms with Gasteiger partial charge in [0.05, 0.1) is 16.0 Å². The molecular formula is C17H12N4O4. The summed E-state index contributed by atoms with van der Waals surface area (Å²) >= 11 is 0. The molecule has 2 aromatic carbocycles. The molecule has 0 saturated heterocycles. The SMILES string of the molecule is O=C(NNC(=O)c1ccnc2ccccc12)c1ccc([N+](=O)[O-])cc1. The molecular weight excluding hydrogens is 324 g/mol. The van der Waals surface area contributed by atoms with Crippen molar-refractivity contribution in [1.29, 1.82) is 0 Å². The molecule has 0 spiro atoms. The van der Waals surface area contributed by atoms with Gasteiger partial charge in [0, 0.05) is 29.3 Å². The van der Waals surface area contributed by atoms with Crippen molar-refractivity contribution in [3.05, 3.63) is 82.0 Å². The maximum absolute atomic E-state index is 12.3. The third kappa shape index (κ3) is 3.42. The van der Waals surface area contributed by atoms with Crippen LogP contribution in [0.2, 0.25) is 0 Å². The molecule has 8 nitrogen and oxygen atoms in total. The summed E-state index contributed by atoms with van der Waals surface area (Å²) in [7, 11) is 0. The van der Waals surface area contributed by atoms with Crippen molar-refractivity contribution in [2.75, 3.05) is 0 Å². The van der Waals surface area contributed by atoms with E-state index in [0.717, 1.165) is 0 Å². The number of hydrogen-bond acceptors (Lipinski definition) is 5. The lowest BCUT2D eigenvalue weighted by atomic mass is 10.1. The molecule has 0 aliphatic carbocycles. The Kier molecular flexibility index (Phi) is 4.34. The fraction of sp³-hybridized carbons (Fsp3) is 0. The Balaban J connectivity index is 1.71. The van der Waals surface area contributed by atoms with Crippen molar-refractivity contribution in [3.63, 3.8) is 0 Å². The Morgan fingerprint density at radius 2 is 1.60 bits per heavy atom. The van der Waals surface area contributed by atoms with Gasteiger partial charge in [-0.05, 0) is 24.3 Å². The smallest absolute Gasteiger partial charge is 0.267 e. The first-order chi connectivity index (χ1) is 12.1. The summed E-state index contributed by atoms with van der Waals surface area (Å²) in [6, 6.07) is 13.7. The van der Waals surface area contributed by atoms with Crippen molar-refractivity contribution in [1.82, 2.24) is 15.8 Å². The first kappa shape index (κ1) is 16.1. The van der Waals surface area contributed by atoms with Gasteiger partial charge in [0.15, 0.2) is 0 Å². The Bertz CT molecular complexity index is 965. The third-order valence-corrected chi connectivity index (χ3v) is 3.52. The molecule has 0 bridgehead atoms. The summed E-state index contributed by atoms with van der Waals surface area (Å²) in [6.07, 6.45) is 1.51. The van der Waals surface area contributed by atoms with Crippen LogP contribution in [-0.4, -0.2) is 21.7 Å². The van der Waals surface area contributed by atoms with Crippen molar-refractivity contribution >= 4 is 28.4 Å². The lowest BCUT2D eigenvalue weighted by molar-refractivity contribution is -0.384. The molecule has 3 rings (SSSR count). The van der Waals surface area contributed by atoms with Gasteiger partial charge in [0.25, 0.3) is 17.5 Å². The van der Waals surface area contributed by atoms with Crippen LogP contribution in [-0.2, 0) is 0 Å². The number of carbonyl (C=O) groups is 2. The molecule has 0 aliphatic heterocycles. The number of fused-ring (bicyclic) bond motifs is 1. The summed E-state index contributed by atoms with van der Waals surface area (Å²) in [4.78, 5) is 38.5. The highest BCUT2D eigenvalue weighted by Crippen LogP contribution is 2.16. The fourth-order valence-corrected chi connectivity index (χ4v) is 2.28. The predicted octanol–water partition coefficient (Wildman–Crippen LogP) is 2.22. The maximum Gasteiger partial charge on any atom is 0.270 e. The molecule has 124 valence electrons. The zero-order valence-corrected chi connectivity index (χ0v) is 12.8. The van der Waals surface area contributed by atoms with Crippen LogP contribution in [0.25, 0.3) is 10.9 Å². The molecule has 1 aromatic heterocycles. The van der Waals surface area contributed by atoms with Gasteiger partial charge in [0.1, 0.15) is 0 Å². The minimum Gasteiger partial charge on any atom is -0.267 e. The number of nitro groups is 1. The van der Waals surface area contributed by atoms with Gasteiger partial charge in [-0.15, -0.1) is 0 Å². The van der Waals surface area contributed by atoms with Crippen molar-refractivity contribution in [3.8, 4) is 0 Å². The van der Waals surface area contributed by atoms with E-state index in [1.165, 1.54) is 30.5 Å². The summed E-state index contributed by atoms with van der Waals surface area (Å²) in [5.74, 6) is -1.07. The molecule has 2 N–H and O–H groups in total. The first-order valence-electron chi connectivity index (χ1n) is 7.25. The van der Waals surface area contributed by atoms with Crippen molar-refractivity contribution in [2.24, 2.45) is 0 Å². The van der Waals surface area contributed by atoms with E-state index >= 15 is 0 Å². The van der Waals surface area contributed by atoms with Crippen LogP contribution in [0.1, 0.15) is 20.7 Å². The molecule has 0 saturated carbocycles. The first-order valence-corrected chi connectivity index (χ1v) is 7.25. The van der Waals surface area contributed by atoms with Gasteiger partial charge < -0.3 is 0 Å². The van der Waals surface area contributed by atoms with Crippen LogP contribution < -0.4 is 10.9 Å². The van der Waals surface area contributed by atoms with Gasteiger partial charge in [-0.1, -0.05) is 18.2 Å². The van der Waals surface area contributed by atoms with Crippen molar-refractivity contribution < 1.29 is 14.5 Å². The van der Waals surface area contributed by atoms with Crippen LogP contribution in [0.15, 0.2) is 60.8 Å². The summed E-state index contributed by atoms with van der Waals surface area (Å²) in [5.41, 5.74) is 5.71. The number of para-hydroxylation sites is 1. The molecule has 0 aliphatic rings. The van der Waals surface area contributed by atoms with E-state index in [2.05, 4.69) is 15.8 Å². The van der Waals surface area contributed by atoms with Gasteiger partial charge >= 0.3 is 0 Å². The molecule has 0 radical (unpaired) electrons. The number of carbonyl (C=O) groups excluding carboxylic acids is 2. The number of hydrogen-bond donors (Lipinski definition) is 2. The number of non-ortho nitro benzene ring substituents is 1. The molecule has 0 fully saturated rings. The lowest BCUT2D eigenvalue weighted by Crippen LogP contribution is -2.41. The quantitative estimate of drug-likeness (QED) is 0.562. The zero-order chi connectivity index (χ0) is 17.8. The van der Waals surface area contributed by atoms with Crippen LogP contribution in [0.5, 0.6) is 0 Å². The van der Waals surface area contributed by atoms with Crippen LogP contribution >= 0.6 is 0 Å². The molecule has 8 heteroatoms. The van der Waals surface area contributed by atoms with E-state index < -0.39 is 16.7 Å². The molecule has 0 atom stereocenters. The number of benzene rings is 2. The summed E-state index contributed by atoms with van der Waals surface area (Å²) in [6.45, 7) is 0. The Morgan fingerprint density at radius 1 is 0.920 bits per heavy atom. The average Bonchev–Trinajstić information content (AvgIpc) is 2.65. The second-order valence-corrected chi connectivity index (χ2v) is 5.09. The zero-order valence-electron chi connectivity index (χ0n) is 12.8. The monoisotopic (exact) mass is 336 g/mol. The Hall–Kier alpha value is -3.81. The summed E-state index contributed by atoms with van der Waals surface area (Å²) < 4.78 is 0. The molecule has 2 amide bonds. The normalized spacial score (nSPS) is 10.2. The topological polar surface area (TPSA) is 114 Å². The Morgan fingerprint density at radius 3 is 2.32 bits per heavy atom. The number of hydrazine groups is 1. The number of rotatable bonds is 3. The van der Waals surface area contributed by atoms with Gasteiger partial charge in [-0.2, -0.15) is 0 Å². The van der Waals surface area contributed by atoms with Gasteiger partial charge in [0.2, 0.25) is 0 Å². The molecule has 0 unspecified atom stereocenters. The van der Waals surface area contributed by atoms with E-state index in [1.54, 1.807) is 24.3 Å². The number of pyridine rings is 1. The number of nitrogens with zero attached hydrogens (tertiary/aromatic N) is 2. The van der Waals surface area contributed by atoms with Crippen LogP contribution in [0.3, 0.4) is 0 Å². The molecule has 25 heavy (non-hydrogen) atoms. The lowest BCUT2D eigenvalue weighted by Gasteiger charge is -2.09. The van der Waals surface area contributed by atoms with Crippen LogP contribution in [0, 0.1) is 10.1 Å². The minimum atomic E-state index is -0.582. The number of amides is 2. The van der Waals surface area contributed by atoms with Gasteiger partial charge in [-0.25, -0.2) is 0 Å². The maximum atomic E-state index is 12.3. The van der Waals surface area contributed by atoms with Crippen molar-refractivity contribution in [2.45, 2.75) is 0 Å². The standard InChI is InChI=1S/C17H12N4O4/c22-16(11-5-7-12(8-6-11)21(24)25)19-20-17(23)14-9-10-18-15-4-2-1-3-13(14)15/h1-10H,(H,19,22)(H,20,23). The summed E-state index contributed by atoms with van der Waals surface area (Å²) in [5, 5.41) is 11.3. The third-order valence-electron chi connectivity index (χ3n) is 3.52. The number of nitrogens with one attached hydrogen (secondary N) is 2. The second kappa shape index (κ2) is 6.75. The highest BCUT2D eigenvalue weighted by atomic mass is 16.6. The minimum absolute atomic E-state index is 0.121.